The molecule has 0 aliphatic rings. The second-order valence-corrected chi connectivity index (χ2v) is 6.64. The number of aryl methyl sites for hydroxylation is 1. The summed E-state index contributed by atoms with van der Waals surface area (Å²) in [6.45, 7) is 3.60. The van der Waals surface area contributed by atoms with Crippen molar-refractivity contribution in [3.63, 3.8) is 0 Å². The lowest BCUT2D eigenvalue weighted by Gasteiger charge is -2.13. The summed E-state index contributed by atoms with van der Waals surface area (Å²) >= 11 is 0. The smallest absolute Gasteiger partial charge is 0.258 e. The molecule has 30 heavy (non-hydrogen) atoms. The molecule has 0 fully saturated rings. The molecule has 1 aromatic heterocycles. The number of benzene rings is 2. The van der Waals surface area contributed by atoms with Gasteiger partial charge in [-0.25, -0.2) is 4.99 Å². The number of para-hydroxylation sites is 1. The van der Waals surface area contributed by atoms with Gasteiger partial charge in [-0.1, -0.05) is 30.3 Å². The van der Waals surface area contributed by atoms with Crippen LogP contribution in [-0.4, -0.2) is 22.8 Å². The van der Waals surface area contributed by atoms with Gasteiger partial charge in [-0.15, -0.1) is 0 Å². The molecule has 0 aliphatic heterocycles. The van der Waals surface area contributed by atoms with Crippen molar-refractivity contribution in [1.29, 1.82) is 0 Å². The normalized spacial score (nSPS) is 10.9. The van der Waals surface area contributed by atoms with Gasteiger partial charge >= 0.3 is 0 Å². The molecule has 2 amide bonds. The van der Waals surface area contributed by atoms with Gasteiger partial charge in [0.1, 0.15) is 0 Å². The van der Waals surface area contributed by atoms with Crippen molar-refractivity contribution in [3.05, 3.63) is 89.7 Å². The quantitative estimate of drug-likeness (QED) is 0.448. The average molecular weight is 401 g/mol. The lowest BCUT2D eigenvalue weighted by molar-refractivity contribution is -0.114. The predicted octanol–water partition coefficient (Wildman–Crippen LogP) is 3.75. The van der Waals surface area contributed by atoms with Crippen molar-refractivity contribution in [1.82, 2.24) is 10.3 Å². The van der Waals surface area contributed by atoms with Gasteiger partial charge in [0, 0.05) is 30.1 Å². The van der Waals surface area contributed by atoms with Gasteiger partial charge in [0.25, 0.3) is 5.91 Å². The molecule has 7 nitrogen and oxygen atoms in total. The second kappa shape index (κ2) is 9.97. The number of aromatic nitrogens is 1. The summed E-state index contributed by atoms with van der Waals surface area (Å²) in [5.74, 6) is -0.234. The van der Waals surface area contributed by atoms with Crippen LogP contribution in [0.4, 0.5) is 11.4 Å². The molecule has 0 aliphatic carbocycles. The average Bonchev–Trinajstić information content (AvgIpc) is 2.74. The van der Waals surface area contributed by atoms with Crippen molar-refractivity contribution < 1.29 is 9.59 Å². The van der Waals surface area contributed by atoms with Gasteiger partial charge < -0.3 is 10.6 Å². The van der Waals surface area contributed by atoms with E-state index in [4.69, 9.17) is 0 Å². The Morgan fingerprint density at radius 3 is 2.43 bits per heavy atom. The molecule has 0 radical (unpaired) electrons. The lowest BCUT2D eigenvalue weighted by Crippen LogP contribution is -2.36. The standard InChI is InChI=1S/C23H23N5O2/c1-16-11-12-18(14-21(16)26-17(2)29)22(30)28-23(27-19-8-4-3-5-9-19)25-15-20-10-6-7-13-24-20/h3-14H,15H2,1-2H3,(H,26,29)(H2,25,27,28,30). The van der Waals surface area contributed by atoms with Crippen LogP contribution in [-0.2, 0) is 11.3 Å². The molecule has 0 unspecified atom stereocenters. The van der Waals surface area contributed by atoms with Crippen LogP contribution in [0.25, 0.3) is 0 Å². The number of pyridine rings is 1. The molecule has 3 aromatic rings. The minimum atomic E-state index is -0.343. The van der Waals surface area contributed by atoms with Gasteiger partial charge in [-0.2, -0.15) is 0 Å². The van der Waals surface area contributed by atoms with Gasteiger partial charge in [0.15, 0.2) is 0 Å². The third-order valence-corrected chi connectivity index (χ3v) is 4.20. The van der Waals surface area contributed by atoms with Crippen LogP contribution in [0.2, 0.25) is 0 Å². The molecule has 152 valence electrons. The third-order valence-electron chi connectivity index (χ3n) is 4.20. The molecule has 0 atom stereocenters. The zero-order valence-corrected chi connectivity index (χ0v) is 16.8. The van der Waals surface area contributed by atoms with Gasteiger partial charge in [-0.05, 0) is 48.9 Å². The predicted molar refractivity (Wildman–Crippen MR) is 118 cm³/mol. The number of amides is 2. The van der Waals surface area contributed by atoms with Gasteiger partial charge in [0.05, 0.1) is 12.2 Å². The Morgan fingerprint density at radius 1 is 0.967 bits per heavy atom. The van der Waals surface area contributed by atoms with Crippen molar-refractivity contribution in [2.45, 2.75) is 20.4 Å². The topological polar surface area (TPSA) is 95.5 Å². The molecule has 3 N–H and O–H groups in total. The summed E-state index contributed by atoms with van der Waals surface area (Å²) in [7, 11) is 0. The SMILES string of the molecule is CC(=O)Nc1cc(C(=O)NC(=NCc2ccccn2)Nc2ccccc2)ccc1C. The number of carbonyl (C=O) groups is 2. The van der Waals surface area contributed by atoms with Gasteiger partial charge in [-0.3, -0.25) is 19.9 Å². The maximum absolute atomic E-state index is 12.8. The van der Waals surface area contributed by atoms with E-state index in [1.165, 1.54) is 6.92 Å². The summed E-state index contributed by atoms with van der Waals surface area (Å²) in [6.07, 6.45) is 1.70. The van der Waals surface area contributed by atoms with Crippen LogP contribution in [0.1, 0.15) is 28.5 Å². The molecule has 0 spiro atoms. The highest BCUT2D eigenvalue weighted by atomic mass is 16.2. The Balaban J connectivity index is 1.81. The minimum Gasteiger partial charge on any atom is -0.326 e. The fourth-order valence-corrected chi connectivity index (χ4v) is 2.69. The number of guanidine groups is 1. The number of hydrogen-bond acceptors (Lipinski definition) is 4. The number of nitrogens with zero attached hydrogens (tertiary/aromatic N) is 2. The van der Waals surface area contributed by atoms with Crippen LogP contribution < -0.4 is 16.0 Å². The van der Waals surface area contributed by atoms with Crippen LogP contribution in [0.15, 0.2) is 77.9 Å². The third kappa shape index (κ3) is 6.00. The highest BCUT2D eigenvalue weighted by Crippen LogP contribution is 2.17. The van der Waals surface area contributed by atoms with E-state index in [9.17, 15) is 9.59 Å². The fraction of sp³-hybridized carbons (Fsp3) is 0.130. The summed E-state index contributed by atoms with van der Waals surface area (Å²) in [5.41, 5.74) is 3.44. The largest absolute Gasteiger partial charge is 0.326 e. The highest BCUT2D eigenvalue weighted by Gasteiger charge is 2.12. The van der Waals surface area contributed by atoms with Crippen LogP contribution >= 0.6 is 0 Å². The molecule has 0 saturated heterocycles. The number of carbonyl (C=O) groups excluding carboxylic acids is 2. The van der Waals surface area contributed by atoms with Crippen molar-refractivity contribution >= 4 is 29.1 Å². The first kappa shape index (κ1) is 20.7. The zero-order valence-electron chi connectivity index (χ0n) is 16.8. The van der Waals surface area contributed by atoms with E-state index in [1.807, 2.05) is 55.5 Å². The maximum atomic E-state index is 12.8. The molecular formula is C23H23N5O2. The van der Waals surface area contributed by atoms with E-state index in [2.05, 4.69) is 25.9 Å². The molecule has 7 heteroatoms. The van der Waals surface area contributed by atoms with E-state index in [-0.39, 0.29) is 11.8 Å². The van der Waals surface area contributed by atoms with E-state index in [1.54, 1.807) is 24.4 Å². The first-order chi connectivity index (χ1) is 14.5. The highest BCUT2D eigenvalue weighted by molar-refractivity contribution is 6.10. The lowest BCUT2D eigenvalue weighted by atomic mass is 10.1. The summed E-state index contributed by atoms with van der Waals surface area (Å²) in [4.78, 5) is 33.0. The zero-order chi connectivity index (χ0) is 21.3. The first-order valence-corrected chi connectivity index (χ1v) is 9.47. The van der Waals surface area contributed by atoms with Crippen molar-refractivity contribution in [2.75, 3.05) is 10.6 Å². The summed E-state index contributed by atoms with van der Waals surface area (Å²) in [5, 5.41) is 8.68. The Morgan fingerprint density at radius 2 is 1.73 bits per heavy atom. The number of aliphatic imine (C=N–C) groups is 1. The number of rotatable bonds is 5. The summed E-state index contributed by atoms with van der Waals surface area (Å²) < 4.78 is 0. The molecule has 0 bridgehead atoms. The molecular weight excluding hydrogens is 378 g/mol. The Kier molecular flexibility index (Phi) is 6.89. The molecule has 3 rings (SSSR count). The molecule has 1 heterocycles. The fourth-order valence-electron chi connectivity index (χ4n) is 2.69. The van der Waals surface area contributed by atoms with Gasteiger partial charge in [0.2, 0.25) is 11.9 Å². The number of nitrogens with one attached hydrogen (secondary N) is 3. The van der Waals surface area contributed by atoms with Crippen molar-refractivity contribution in [2.24, 2.45) is 4.99 Å². The molecule has 2 aromatic carbocycles. The maximum Gasteiger partial charge on any atom is 0.258 e. The van der Waals surface area contributed by atoms with E-state index >= 15 is 0 Å². The number of anilines is 2. The first-order valence-electron chi connectivity index (χ1n) is 9.47. The van der Waals surface area contributed by atoms with E-state index in [0.29, 0.717) is 23.8 Å². The van der Waals surface area contributed by atoms with Crippen LogP contribution in [0, 0.1) is 6.92 Å². The monoisotopic (exact) mass is 401 g/mol. The van der Waals surface area contributed by atoms with E-state index < -0.39 is 0 Å². The van der Waals surface area contributed by atoms with Crippen molar-refractivity contribution in [3.8, 4) is 0 Å². The second-order valence-electron chi connectivity index (χ2n) is 6.64. The Hall–Kier alpha value is -4.00. The Labute approximate surface area is 175 Å². The van der Waals surface area contributed by atoms with Crippen LogP contribution in [0.3, 0.4) is 0 Å². The molecule has 0 saturated carbocycles. The minimum absolute atomic E-state index is 0.195. The Bertz CT molecular complexity index is 1050. The summed E-state index contributed by atoms with van der Waals surface area (Å²) in [6, 6.07) is 20.2. The number of hydrogen-bond donors (Lipinski definition) is 3. The van der Waals surface area contributed by atoms with Crippen LogP contribution in [0.5, 0.6) is 0 Å². The van der Waals surface area contributed by atoms with E-state index in [0.717, 1.165) is 16.9 Å².